The molecule has 3 aromatic carbocycles. The van der Waals surface area contributed by atoms with Crippen LogP contribution in [0.15, 0.2) is 66.7 Å². The van der Waals surface area contributed by atoms with Crippen molar-refractivity contribution in [1.29, 1.82) is 0 Å². The van der Waals surface area contributed by atoms with Crippen LogP contribution in [-0.4, -0.2) is 24.0 Å². The number of alkyl carbamates (subject to hydrolysis) is 1. The van der Waals surface area contributed by atoms with E-state index in [0.717, 1.165) is 5.56 Å². The Labute approximate surface area is 223 Å². The largest absolute Gasteiger partial charge is 0.445 e. The fourth-order valence-corrected chi connectivity index (χ4v) is 3.56. The average molecular weight is 550 g/mol. The Bertz CT molecular complexity index is 1250. The first kappa shape index (κ1) is 27.3. The van der Waals surface area contributed by atoms with Gasteiger partial charge in [0.05, 0.1) is 15.6 Å². The molecule has 0 radical (unpaired) electrons. The minimum atomic E-state index is -1.04. The first-order valence-electron chi connectivity index (χ1n) is 10.9. The van der Waals surface area contributed by atoms with Gasteiger partial charge in [-0.15, -0.1) is 0 Å². The van der Waals surface area contributed by atoms with Gasteiger partial charge in [0.15, 0.2) is 0 Å². The molecule has 0 unspecified atom stereocenters. The highest BCUT2D eigenvalue weighted by Crippen LogP contribution is 2.28. The van der Waals surface area contributed by atoms with Gasteiger partial charge < -0.3 is 20.1 Å². The van der Waals surface area contributed by atoms with Crippen LogP contribution >= 0.6 is 34.8 Å². The lowest BCUT2D eigenvalue weighted by Crippen LogP contribution is -2.46. The molecule has 0 heterocycles. The summed E-state index contributed by atoms with van der Waals surface area (Å²) in [5, 5.41) is 6.05. The number of benzene rings is 3. The van der Waals surface area contributed by atoms with Crippen LogP contribution < -0.4 is 15.4 Å². The molecule has 0 bridgehead atoms. The highest BCUT2D eigenvalue weighted by molar-refractivity contribution is 6.42. The van der Waals surface area contributed by atoms with Crippen molar-refractivity contribution in [3.63, 3.8) is 0 Å². The SMILES string of the molecule is CC(C)[C@H](NC(=O)OCc1ccccc1)C(=O)Oc1cc(Cl)ccc1C(=O)Nc1ccc(Cl)c(Cl)c1. The van der Waals surface area contributed by atoms with E-state index in [-0.39, 0.29) is 33.9 Å². The predicted molar refractivity (Wildman–Crippen MR) is 140 cm³/mol. The van der Waals surface area contributed by atoms with Crippen molar-refractivity contribution in [1.82, 2.24) is 5.32 Å². The van der Waals surface area contributed by atoms with Gasteiger partial charge >= 0.3 is 12.1 Å². The van der Waals surface area contributed by atoms with Crippen molar-refractivity contribution in [2.45, 2.75) is 26.5 Å². The zero-order valence-corrected chi connectivity index (χ0v) is 21.7. The van der Waals surface area contributed by atoms with E-state index in [0.29, 0.717) is 10.7 Å². The van der Waals surface area contributed by atoms with Crippen molar-refractivity contribution in [3.05, 3.63) is 92.9 Å². The lowest BCUT2D eigenvalue weighted by molar-refractivity contribution is -0.137. The number of esters is 1. The molecule has 0 saturated heterocycles. The van der Waals surface area contributed by atoms with E-state index in [9.17, 15) is 14.4 Å². The summed E-state index contributed by atoms with van der Waals surface area (Å²) in [4.78, 5) is 38.2. The van der Waals surface area contributed by atoms with Crippen LogP contribution in [0.5, 0.6) is 5.75 Å². The molecule has 3 rings (SSSR count). The fourth-order valence-electron chi connectivity index (χ4n) is 3.10. The number of amides is 2. The first-order valence-corrected chi connectivity index (χ1v) is 12.0. The maximum absolute atomic E-state index is 13.0. The molecule has 36 heavy (non-hydrogen) atoms. The summed E-state index contributed by atoms with van der Waals surface area (Å²) < 4.78 is 10.7. The Kier molecular flexibility index (Phi) is 9.58. The summed E-state index contributed by atoms with van der Waals surface area (Å²) in [6, 6.07) is 16.9. The van der Waals surface area contributed by atoms with Crippen LogP contribution in [0.3, 0.4) is 0 Å². The molecule has 3 aromatic rings. The summed E-state index contributed by atoms with van der Waals surface area (Å²) in [7, 11) is 0. The topological polar surface area (TPSA) is 93.7 Å². The van der Waals surface area contributed by atoms with E-state index < -0.39 is 24.0 Å². The van der Waals surface area contributed by atoms with Crippen LogP contribution in [0.25, 0.3) is 0 Å². The predicted octanol–water partition coefficient (Wildman–Crippen LogP) is 6.76. The lowest BCUT2D eigenvalue weighted by atomic mass is 10.0. The fraction of sp³-hybridized carbons (Fsp3) is 0.192. The summed E-state index contributed by atoms with van der Waals surface area (Å²) in [6.07, 6.45) is -0.779. The van der Waals surface area contributed by atoms with E-state index in [1.807, 2.05) is 30.3 Å². The minimum Gasteiger partial charge on any atom is -0.445 e. The summed E-state index contributed by atoms with van der Waals surface area (Å²) in [6.45, 7) is 3.51. The number of rotatable bonds is 8. The third kappa shape index (κ3) is 7.62. The molecule has 10 heteroatoms. The van der Waals surface area contributed by atoms with Crippen molar-refractivity contribution in [2.24, 2.45) is 5.92 Å². The maximum Gasteiger partial charge on any atom is 0.408 e. The number of nitrogens with one attached hydrogen (secondary N) is 2. The summed E-state index contributed by atoms with van der Waals surface area (Å²) >= 11 is 18.0. The van der Waals surface area contributed by atoms with E-state index in [2.05, 4.69) is 10.6 Å². The number of ether oxygens (including phenoxy) is 2. The Morgan fingerprint density at radius 2 is 1.61 bits per heavy atom. The molecule has 2 N–H and O–H groups in total. The van der Waals surface area contributed by atoms with E-state index in [4.69, 9.17) is 44.3 Å². The van der Waals surface area contributed by atoms with Crippen LogP contribution in [0.2, 0.25) is 15.1 Å². The first-order chi connectivity index (χ1) is 17.1. The molecule has 0 saturated carbocycles. The van der Waals surface area contributed by atoms with E-state index in [1.165, 1.54) is 30.3 Å². The quantitative estimate of drug-likeness (QED) is 0.239. The van der Waals surface area contributed by atoms with Crippen molar-refractivity contribution in [2.75, 3.05) is 5.32 Å². The zero-order chi connectivity index (χ0) is 26.2. The van der Waals surface area contributed by atoms with Gasteiger partial charge in [-0.1, -0.05) is 79.0 Å². The number of hydrogen-bond donors (Lipinski definition) is 2. The molecular formula is C26H23Cl3N2O5. The normalized spacial score (nSPS) is 11.5. The van der Waals surface area contributed by atoms with Crippen LogP contribution in [0.4, 0.5) is 10.5 Å². The van der Waals surface area contributed by atoms with E-state index in [1.54, 1.807) is 19.9 Å². The minimum absolute atomic E-state index is 0.0415. The molecule has 0 aromatic heterocycles. The molecule has 7 nitrogen and oxygen atoms in total. The maximum atomic E-state index is 13.0. The molecule has 0 spiro atoms. The lowest BCUT2D eigenvalue weighted by Gasteiger charge is -2.21. The second-order valence-corrected chi connectivity index (χ2v) is 9.32. The third-order valence-electron chi connectivity index (χ3n) is 4.98. The van der Waals surface area contributed by atoms with Gasteiger partial charge in [0.1, 0.15) is 18.4 Å². The molecular weight excluding hydrogens is 527 g/mol. The van der Waals surface area contributed by atoms with Crippen LogP contribution in [0.1, 0.15) is 29.8 Å². The van der Waals surface area contributed by atoms with Gasteiger partial charge in [-0.05, 0) is 41.8 Å². The molecule has 0 aliphatic heterocycles. The molecule has 188 valence electrons. The van der Waals surface area contributed by atoms with Crippen molar-refractivity contribution < 1.29 is 23.9 Å². The number of carbonyl (C=O) groups is 3. The molecule has 0 aliphatic carbocycles. The molecule has 1 atom stereocenters. The second kappa shape index (κ2) is 12.6. The van der Waals surface area contributed by atoms with Gasteiger partial charge in [0, 0.05) is 16.8 Å². The Morgan fingerprint density at radius 1 is 0.889 bits per heavy atom. The summed E-state index contributed by atoms with van der Waals surface area (Å²) in [5.74, 6) is -1.76. The monoisotopic (exact) mass is 548 g/mol. The van der Waals surface area contributed by atoms with E-state index >= 15 is 0 Å². The number of anilines is 1. The Hall–Kier alpha value is -3.26. The number of hydrogen-bond acceptors (Lipinski definition) is 5. The molecule has 0 aliphatic rings. The smallest absolute Gasteiger partial charge is 0.408 e. The zero-order valence-electron chi connectivity index (χ0n) is 19.4. The summed E-state index contributed by atoms with van der Waals surface area (Å²) in [5.41, 5.74) is 1.24. The third-order valence-corrected chi connectivity index (χ3v) is 5.96. The van der Waals surface area contributed by atoms with Gasteiger partial charge in [0.25, 0.3) is 5.91 Å². The Balaban J connectivity index is 1.71. The van der Waals surface area contributed by atoms with Crippen molar-refractivity contribution in [3.8, 4) is 5.75 Å². The van der Waals surface area contributed by atoms with Crippen LogP contribution in [0, 0.1) is 5.92 Å². The van der Waals surface area contributed by atoms with Gasteiger partial charge in [0.2, 0.25) is 0 Å². The van der Waals surface area contributed by atoms with Crippen molar-refractivity contribution >= 4 is 58.5 Å². The molecule has 2 amide bonds. The molecule has 0 fully saturated rings. The average Bonchev–Trinajstić information content (AvgIpc) is 2.84. The number of carbonyl (C=O) groups excluding carboxylic acids is 3. The highest BCUT2D eigenvalue weighted by Gasteiger charge is 2.28. The van der Waals surface area contributed by atoms with Crippen LogP contribution in [-0.2, 0) is 16.1 Å². The second-order valence-electron chi connectivity index (χ2n) is 8.07. The Morgan fingerprint density at radius 3 is 2.28 bits per heavy atom. The highest BCUT2D eigenvalue weighted by atomic mass is 35.5. The van der Waals surface area contributed by atoms with Gasteiger partial charge in [-0.3, -0.25) is 4.79 Å². The number of halogens is 3. The van der Waals surface area contributed by atoms with Gasteiger partial charge in [-0.25, -0.2) is 9.59 Å². The van der Waals surface area contributed by atoms with Gasteiger partial charge in [-0.2, -0.15) is 0 Å². The standard InChI is InChI=1S/C26H23Cl3N2O5/c1-15(2)23(31-26(34)35-14-16-6-4-3-5-7-16)25(33)36-22-12-17(27)8-10-19(22)24(32)30-18-9-11-20(28)21(29)13-18/h3-13,15,23H,14H2,1-2H3,(H,30,32)(H,31,34)/t23-/m0/s1.